The Kier molecular flexibility index (Phi) is 5.13. The van der Waals surface area contributed by atoms with Crippen molar-refractivity contribution >= 4 is 26.4 Å². The van der Waals surface area contributed by atoms with Gasteiger partial charge in [-0.1, -0.05) is 19.1 Å². The van der Waals surface area contributed by atoms with Crippen LogP contribution in [-0.2, 0) is 11.2 Å². The van der Waals surface area contributed by atoms with E-state index in [9.17, 15) is 4.79 Å². The second-order valence-corrected chi connectivity index (χ2v) is 5.24. The number of carbonyl (C=O) groups is 1. The lowest BCUT2D eigenvalue weighted by molar-refractivity contribution is -0.110. The van der Waals surface area contributed by atoms with Crippen molar-refractivity contribution in [2.75, 3.05) is 0 Å². The molecule has 1 N–H and O–H groups in total. The molecule has 0 saturated carbocycles. The van der Waals surface area contributed by atoms with Gasteiger partial charge in [-0.15, -0.1) is 10.2 Å². The van der Waals surface area contributed by atoms with E-state index in [1.165, 1.54) is 0 Å². The number of hydrogen-bond acceptors (Lipinski definition) is 4. The Balaban J connectivity index is 2.29. The molecule has 1 aromatic heterocycles. The minimum Gasteiger partial charge on any atom is -0.288 e. The molecule has 0 amide bonds. The normalized spacial score (nSPS) is 14.9. The van der Waals surface area contributed by atoms with E-state index in [0.29, 0.717) is 18.3 Å². The van der Waals surface area contributed by atoms with Gasteiger partial charge >= 0.3 is 0 Å². The second-order valence-electron chi connectivity index (χ2n) is 4.04. The fourth-order valence-corrected chi connectivity index (χ4v) is 2.46. The SMILES string of the molecule is CC(CC(=O)I)CC(C)Cc1nn[nH]n1. The molecule has 0 spiro atoms. The highest BCUT2D eigenvalue weighted by molar-refractivity contribution is 14.1. The molecular formula is C9H15IN4O. The maximum absolute atomic E-state index is 10.9. The van der Waals surface area contributed by atoms with Crippen molar-refractivity contribution in [1.82, 2.24) is 20.6 Å². The first-order valence-electron chi connectivity index (χ1n) is 4.98. The van der Waals surface area contributed by atoms with Gasteiger partial charge in [0.15, 0.2) is 9.61 Å². The predicted octanol–water partition coefficient (Wildman–Crippen LogP) is 1.76. The fourth-order valence-electron chi connectivity index (χ4n) is 1.71. The zero-order valence-electron chi connectivity index (χ0n) is 8.90. The summed E-state index contributed by atoms with van der Waals surface area (Å²) in [7, 11) is 0. The van der Waals surface area contributed by atoms with Gasteiger partial charge in [0.05, 0.1) is 0 Å². The minimum absolute atomic E-state index is 0.229. The van der Waals surface area contributed by atoms with Crippen molar-refractivity contribution in [2.24, 2.45) is 11.8 Å². The minimum atomic E-state index is 0.229. The van der Waals surface area contributed by atoms with Gasteiger partial charge in [-0.25, -0.2) is 0 Å². The number of nitrogens with one attached hydrogen (secondary N) is 1. The summed E-state index contributed by atoms with van der Waals surface area (Å²) in [6.45, 7) is 4.24. The second kappa shape index (κ2) is 6.14. The Bertz CT molecular complexity index is 301. The van der Waals surface area contributed by atoms with Crippen molar-refractivity contribution in [3.8, 4) is 0 Å². The monoisotopic (exact) mass is 322 g/mol. The molecule has 1 aromatic rings. The summed E-state index contributed by atoms with van der Waals surface area (Å²) in [5.74, 6) is 1.65. The smallest absolute Gasteiger partial charge is 0.192 e. The lowest BCUT2D eigenvalue weighted by Gasteiger charge is -2.13. The largest absolute Gasteiger partial charge is 0.288 e. The summed E-state index contributed by atoms with van der Waals surface area (Å²) in [5.41, 5.74) is 0. The van der Waals surface area contributed by atoms with E-state index in [-0.39, 0.29) is 3.79 Å². The van der Waals surface area contributed by atoms with E-state index in [1.807, 2.05) is 22.6 Å². The Morgan fingerprint density at radius 2 is 2.20 bits per heavy atom. The Labute approximate surface area is 103 Å². The van der Waals surface area contributed by atoms with Crippen LogP contribution in [-0.4, -0.2) is 24.4 Å². The summed E-state index contributed by atoms with van der Waals surface area (Å²) in [5, 5.41) is 13.8. The van der Waals surface area contributed by atoms with Gasteiger partial charge in [-0.2, -0.15) is 5.21 Å². The quantitative estimate of drug-likeness (QED) is 0.640. The highest BCUT2D eigenvalue weighted by atomic mass is 127. The number of rotatable bonds is 6. The molecule has 0 aliphatic carbocycles. The average molecular weight is 322 g/mol. The molecule has 0 aromatic carbocycles. The molecule has 0 aliphatic rings. The van der Waals surface area contributed by atoms with E-state index in [0.717, 1.165) is 18.7 Å². The first kappa shape index (κ1) is 12.5. The van der Waals surface area contributed by atoms with Crippen LogP contribution >= 0.6 is 22.6 Å². The van der Waals surface area contributed by atoms with Gasteiger partial charge in [0.1, 0.15) is 0 Å². The van der Waals surface area contributed by atoms with Crippen LogP contribution in [0.25, 0.3) is 0 Å². The summed E-state index contributed by atoms with van der Waals surface area (Å²) in [4.78, 5) is 10.9. The highest BCUT2D eigenvalue weighted by Crippen LogP contribution is 2.18. The first-order chi connectivity index (χ1) is 7.08. The van der Waals surface area contributed by atoms with Crippen LogP contribution in [0.15, 0.2) is 0 Å². The average Bonchev–Trinajstić information content (AvgIpc) is 2.53. The van der Waals surface area contributed by atoms with Crippen LogP contribution in [0.5, 0.6) is 0 Å². The van der Waals surface area contributed by atoms with Crippen molar-refractivity contribution < 1.29 is 4.79 Å². The predicted molar refractivity (Wildman–Crippen MR) is 64.5 cm³/mol. The summed E-state index contributed by atoms with van der Waals surface area (Å²) < 4.78 is 0.229. The molecule has 0 saturated heterocycles. The molecule has 0 fully saturated rings. The van der Waals surface area contributed by atoms with E-state index >= 15 is 0 Å². The van der Waals surface area contributed by atoms with Gasteiger partial charge in [-0.05, 0) is 40.8 Å². The van der Waals surface area contributed by atoms with Gasteiger partial charge in [0, 0.05) is 12.8 Å². The molecule has 2 unspecified atom stereocenters. The maximum Gasteiger partial charge on any atom is 0.192 e. The molecule has 15 heavy (non-hydrogen) atoms. The number of aromatic nitrogens is 4. The number of tetrazole rings is 1. The number of nitrogens with zero attached hydrogens (tertiary/aromatic N) is 3. The Morgan fingerprint density at radius 1 is 1.47 bits per heavy atom. The molecule has 0 bridgehead atoms. The van der Waals surface area contributed by atoms with Crippen LogP contribution in [0, 0.1) is 11.8 Å². The summed E-state index contributed by atoms with van der Waals surface area (Å²) in [6, 6.07) is 0. The Hall–Kier alpha value is -0.530. The van der Waals surface area contributed by atoms with Crippen LogP contribution in [0.3, 0.4) is 0 Å². The van der Waals surface area contributed by atoms with E-state index in [2.05, 4.69) is 34.5 Å². The molecule has 1 rings (SSSR count). The van der Waals surface area contributed by atoms with Gasteiger partial charge in [-0.3, -0.25) is 4.79 Å². The van der Waals surface area contributed by atoms with Crippen molar-refractivity contribution in [3.05, 3.63) is 5.82 Å². The lowest BCUT2D eigenvalue weighted by atomic mass is 9.93. The highest BCUT2D eigenvalue weighted by Gasteiger charge is 2.13. The number of halogens is 1. The third-order valence-electron chi connectivity index (χ3n) is 2.23. The summed E-state index contributed by atoms with van der Waals surface area (Å²) in [6.07, 6.45) is 2.48. The molecule has 84 valence electrons. The van der Waals surface area contributed by atoms with Crippen LogP contribution in [0.1, 0.15) is 32.5 Å². The third-order valence-corrected chi connectivity index (χ3v) is 2.67. The number of H-pyrrole nitrogens is 1. The van der Waals surface area contributed by atoms with Gasteiger partial charge in [0.25, 0.3) is 0 Å². The number of aromatic amines is 1. The van der Waals surface area contributed by atoms with Crippen LogP contribution < -0.4 is 0 Å². The molecule has 6 heteroatoms. The zero-order valence-corrected chi connectivity index (χ0v) is 11.1. The number of hydrogen-bond donors (Lipinski definition) is 1. The number of carbonyl (C=O) groups excluding carboxylic acids is 1. The standard InChI is InChI=1S/C9H15IN4O/c1-6(4-8(10)15)3-7(2)5-9-11-13-14-12-9/h6-7H,3-5H2,1-2H3,(H,11,12,13,14). The topological polar surface area (TPSA) is 71.5 Å². The van der Waals surface area contributed by atoms with Crippen LogP contribution in [0.4, 0.5) is 0 Å². The fraction of sp³-hybridized carbons (Fsp3) is 0.778. The summed E-state index contributed by atoms with van der Waals surface area (Å²) >= 11 is 1.85. The van der Waals surface area contributed by atoms with E-state index in [4.69, 9.17) is 0 Å². The van der Waals surface area contributed by atoms with E-state index < -0.39 is 0 Å². The first-order valence-corrected chi connectivity index (χ1v) is 6.06. The molecule has 5 nitrogen and oxygen atoms in total. The Morgan fingerprint density at radius 3 is 2.73 bits per heavy atom. The molecular weight excluding hydrogens is 307 g/mol. The van der Waals surface area contributed by atoms with Gasteiger partial charge < -0.3 is 0 Å². The van der Waals surface area contributed by atoms with Crippen molar-refractivity contribution in [3.63, 3.8) is 0 Å². The van der Waals surface area contributed by atoms with Crippen molar-refractivity contribution in [2.45, 2.75) is 33.1 Å². The zero-order chi connectivity index (χ0) is 11.3. The van der Waals surface area contributed by atoms with E-state index in [1.54, 1.807) is 0 Å². The molecule has 0 radical (unpaired) electrons. The molecule has 1 heterocycles. The molecule has 2 atom stereocenters. The van der Waals surface area contributed by atoms with Crippen molar-refractivity contribution in [1.29, 1.82) is 0 Å². The lowest BCUT2D eigenvalue weighted by Crippen LogP contribution is -2.09. The van der Waals surface area contributed by atoms with Crippen LogP contribution in [0.2, 0.25) is 0 Å². The maximum atomic E-state index is 10.9. The molecule has 0 aliphatic heterocycles. The third kappa shape index (κ3) is 5.19. The van der Waals surface area contributed by atoms with Gasteiger partial charge in [0.2, 0.25) is 0 Å².